The predicted octanol–water partition coefficient (Wildman–Crippen LogP) is 1.13. The van der Waals surface area contributed by atoms with Crippen LogP contribution in [0, 0.1) is 11.8 Å². The van der Waals surface area contributed by atoms with Gasteiger partial charge in [-0.1, -0.05) is 6.92 Å². The molecule has 0 amide bonds. The number of piperidine rings is 1. The molecular weight excluding hydrogens is 260 g/mol. The van der Waals surface area contributed by atoms with Gasteiger partial charge in [-0.25, -0.2) is 8.42 Å². The van der Waals surface area contributed by atoms with Gasteiger partial charge in [0.05, 0.1) is 11.5 Å². The van der Waals surface area contributed by atoms with Crippen LogP contribution in [0.3, 0.4) is 0 Å². The molecule has 4 nitrogen and oxygen atoms in total. The second kappa shape index (κ2) is 6.55. The number of rotatable bonds is 5. The molecule has 0 spiro atoms. The molecule has 0 saturated carbocycles. The molecule has 3 atom stereocenters. The fourth-order valence-electron chi connectivity index (χ4n) is 3.31. The molecule has 19 heavy (non-hydrogen) atoms. The maximum absolute atomic E-state index is 11.5. The van der Waals surface area contributed by atoms with Gasteiger partial charge in [0.1, 0.15) is 0 Å². The Hall–Kier alpha value is -0.130. The third-order valence-electron chi connectivity index (χ3n) is 4.91. The van der Waals surface area contributed by atoms with Crippen molar-refractivity contribution in [3.8, 4) is 0 Å². The number of hydrogen-bond acceptors (Lipinski definition) is 4. The molecule has 5 heteroatoms. The number of hydrogen-bond donors (Lipinski definition) is 1. The van der Waals surface area contributed by atoms with Crippen LogP contribution in [0.15, 0.2) is 0 Å². The molecule has 3 unspecified atom stereocenters. The molecular formula is C14H28N2O2S. The second-order valence-corrected chi connectivity index (χ2v) is 8.64. The molecule has 2 heterocycles. The van der Waals surface area contributed by atoms with E-state index < -0.39 is 9.84 Å². The Bertz CT molecular complexity index is 377. The summed E-state index contributed by atoms with van der Waals surface area (Å²) in [6.45, 7) is 5.69. The van der Waals surface area contributed by atoms with Gasteiger partial charge >= 0.3 is 0 Å². The highest BCUT2D eigenvalue weighted by Gasteiger charge is 2.30. The summed E-state index contributed by atoms with van der Waals surface area (Å²) in [5, 5.41) is 3.48. The first-order valence-electron chi connectivity index (χ1n) is 7.59. The smallest absolute Gasteiger partial charge is 0.151 e. The van der Waals surface area contributed by atoms with Gasteiger partial charge in [-0.3, -0.25) is 0 Å². The first-order chi connectivity index (χ1) is 8.98. The summed E-state index contributed by atoms with van der Waals surface area (Å²) in [6.07, 6.45) is 4.64. The van der Waals surface area contributed by atoms with Gasteiger partial charge in [-0.05, 0) is 64.2 Å². The molecule has 2 fully saturated rings. The molecule has 2 aliphatic heterocycles. The van der Waals surface area contributed by atoms with E-state index >= 15 is 0 Å². The lowest BCUT2D eigenvalue weighted by Gasteiger charge is -2.30. The van der Waals surface area contributed by atoms with E-state index in [1.807, 2.05) is 0 Å². The van der Waals surface area contributed by atoms with E-state index in [9.17, 15) is 8.42 Å². The van der Waals surface area contributed by atoms with E-state index in [0.717, 1.165) is 31.3 Å². The molecule has 0 aromatic carbocycles. The van der Waals surface area contributed by atoms with Crippen molar-refractivity contribution in [1.29, 1.82) is 0 Å². The number of nitrogens with zero attached hydrogens (tertiary/aromatic N) is 1. The van der Waals surface area contributed by atoms with Crippen LogP contribution < -0.4 is 5.32 Å². The van der Waals surface area contributed by atoms with Gasteiger partial charge < -0.3 is 10.2 Å². The molecule has 112 valence electrons. The van der Waals surface area contributed by atoms with Gasteiger partial charge in [0.2, 0.25) is 0 Å². The van der Waals surface area contributed by atoms with Crippen LogP contribution in [0.25, 0.3) is 0 Å². The minimum atomic E-state index is -2.75. The Balaban J connectivity index is 1.72. The Labute approximate surface area is 117 Å². The normalized spacial score (nSPS) is 32.6. The molecule has 2 rings (SSSR count). The average molecular weight is 288 g/mol. The summed E-state index contributed by atoms with van der Waals surface area (Å²) in [6, 6.07) is 0.252. The Morgan fingerprint density at radius 3 is 2.74 bits per heavy atom. The van der Waals surface area contributed by atoms with E-state index in [1.165, 1.54) is 25.8 Å². The Morgan fingerprint density at radius 1 is 1.37 bits per heavy atom. The minimum Gasteiger partial charge on any atom is -0.316 e. The third kappa shape index (κ3) is 4.43. The van der Waals surface area contributed by atoms with E-state index in [-0.39, 0.29) is 6.04 Å². The van der Waals surface area contributed by atoms with Crippen molar-refractivity contribution in [3.05, 3.63) is 0 Å². The molecule has 0 aliphatic carbocycles. The van der Waals surface area contributed by atoms with Crippen molar-refractivity contribution in [2.45, 2.75) is 38.6 Å². The molecule has 0 aromatic heterocycles. The second-order valence-electron chi connectivity index (χ2n) is 6.41. The van der Waals surface area contributed by atoms with Crippen LogP contribution >= 0.6 is 0 Å². The van der Waals surface area contributed by atoms with Crippen LogP contribution in [-0.4, -0.2) is 57.5 Å². The lowest BCUT2D eigenvalue weighted by Crippen LogP contribution is -2.37. The summed E-state index contributed by atoms with van der Waals surface area (Å²) < 4.78 is 23.0. The lowest BCUT2D eigenvalue weighted by atomic mass is 9.85. The van der Waals surface area contributed by atoms with Crippen LogP contribution in [0.4, 0.5) is 0 Å². The first kappa shape index (κ1) is 15.3. The topological polar surface area (TPSA) is 49.4 Å². The predicted molar refractivity (Wildman–Crippen MR) is 79.1 cm³/mol. The van der Waals surface area contributed by atoms with Crippen LogP contribution in [0.2, 0.25) is 0 Å². The third-order valence-corrected chi connectivity index (χ3v) is 6.66. The zero-order chi connectivity index (χ0) is 13.9. The van der Waals surface area contributed by atoms with Gasteiger partial charge in [-0.15, -0.1) is 0 Å². The van der Waals surface area contributed by atoms with E-state index in [1.54, 1.807) is 0 Å². The Morgan fingerprint density at radius 2 is 2.16 bits per heavy atom. The van der Waals surface area contributed by atoms with Gasteiger partial charge in [0.25, 0.3) is 0 Å². The first-order valence-corrected chi connectivity index (χ1v) is 9.41. The van der Waals surface area contributed by atoms with Crippen molar-refractivity contribution in [2.75, 3.05) is 38.2 Å². The summed E-state index contributed by atoms with van der Waals surface area (Å²) in [7, 11) is -0.670. The molecule has 2 aliphatic rings. The van der Waals surface area contributed by atoms with E-state index in [2.05, 4.69) is 24.2 Å². The molecule has 0 radical (unpaired) electrons. The molecule has 1 N–H and O–H groups in total. The summed E-state index contributed by atoms with van der Waals surface area (Å²) in [5.74, 6) is 2.27. The monoisotopic (exact) mass is 288 g/mol. The van der Waals surface area contributed by atoms with Gasteiger partial charge in [0, 0.05) is 6.04 Å². The number of nitrogens with one attached hydrogen (secondary N) is 1. The number of sulfone groups is 1. The standard InChI is InChI=1S/C14H28N2O2S/c1-12(13-4-3-7-15-10-13)5-8-16(2)14-6-9-19(17,18)11-14/h12-15H,3-11H2,1-2H3. The zero-order valence-corrected chi connectivity index (χ0v) is 13.1. The molecule has 2 saturated heterocycles. The quantitative estimate of drug-likeness (QED) is 0.824. The summed E-state index contributed by atoms with van der Waals surface area (Å²) in [4.78, 5) is 2.26. The zero-order valence-electron chi connectivity index (χ0n) is 12.3. The van der Waals surface area contributed by atoms with Crippen LogP contribution in [0.5, 0.6) is 0 Å². The average Bonchev–Trinajstić information content (AvgIpc) is 2.77. The van der Waals surface area contributed by atoms with Crippen molar-refractivity contribution < 1.29 is 8.42 Å². The SMILES string of the molecule is CC(CCN(C)C1CCS(=O)(=O)C1)C1CCCNC1. The molecule has 0 aromatic rings. The highest BCUT2D eigenvalue weighted by atomic mass is 32.2. The highest BCUT2D eigenvalue weighted by molar-refractivity contribution is 7.91. The molecule has 0 bridgehead atoms. The minimum absolute atomic E-state index is 0.252. The van der Waals surface area contributed by atoms with Crippen molar-refractivity contribution in [1.82, 2.24) is 10.2 Å². The van der Waals surface area contributed by atoms with E-state index in [4.69, 9.17) is 0 Å². The van der Waals surface area contributed by atoms with Crippen molar-refractivity contribution in [3.63, 3.8) is 0 Å². The van der Waals surface area contributed by atoms with Crippen LogP contribution in [-0.2, 0) is 9.84 Å². The largest absolute Gasteiger partial charge is 0.316 e. The van der Waals surface area contributed by atoms with Crippen molar-refractivity contribution in [2.24, 2.45) is 11.8 Å². The van der Waals surface area contributed by atoms with E-state index in [0.29, 0.717) is 11.5 Å². The van der Waals surface area contributed by atoms with Crippen LogP contribution in [0.1, 0.15) is 32.6 Å². The van der Waals surface area contributed by atoms with Crippen molar-refractivity contribution >= 4 is 9.84 Å². The fraction of sp³-hybridized carbons (Fsp3) is 1.00. The maximum Gasteiger partial charge on any atom is 0.151 e. The van der Waals surface area contributed by atoms with Gasteiger partial charge in [0.15, 0.2) is 9.84 Å². The highest BCUT2D eigenvalue weighted by Crippen LogP contribution is 2.24. The summed E-state index contributed by atoms with van der Waals surface area (Å²) >= 11 is 0. The Kier molecular flexibility index (Phi) is 5.26. The maximum atomic E-state index is 11.5. The lowest BCUT2D eigenvalue weighted by molar-refractivity contribution is 0.207. The van der Waals surface area contributed by atoms with Gasteiger partial charge in [-0.2, -0.15) is 0 Å². The fourth-order valence-corrected chi connectivity index (χ4v) is 5.12. The summed E-state index contributed by atoms with van der Waals surface area (Å²) in [5.41, 5.74) is 0.